The zero-order valence-corrected chi connectivity index (χ0v) is 34.9. The van der Waals surface area contributed by atoms with Crippen LogP contribution >= 0.6 is 0 Å². The summed E-state index contributed by atoms with van der Waals surface area (Å²) < 4.78 is 24.4. The van der Waals surface area contributed by atoms with Crippen molar-refractivity contribution in [3.63, 3.8) is 0 Å². The fourth-order valence-corrected chi connectivity index (χ4v) is 13.7. The van der Waals surface area contributed by atoms with Crippen LogP contribution in [0.25, 0.3) is 0 Å². The number of carboxylic acids is 1. The minimum Gasteiger partial charge on any atom is -0.480 e. The third kappa shape index (κ3) is 6.75. The predicted molar refractivity (Wildman–Crippen MR) is 205 cm³/mol. The van der Waals surface area contributed by atoms with E-state index in [1.54, 1.807) is 0 Å². The third-order valence-corrected chi connectivity index (χ3v) is 17.4. The molecule has 0 aromatic heterocycles. The van der Waals surface area contributed by atoms with Crippen LogP contribution in [0, 0.1) is 50.2 Å². The molecule has 324 valence electrons. The van der Waals surface area contributed by atoms with Crippen molar-refractivity contribution in [2.45, 2.75) is 174 Å². The summed E-state index contributed by atoms with van der Waals surface area (Å²) in [6.07, 6.45) is -2.12. The normalized spacial score (nSPS) is 51.9. The molecule has 4 saturated carbocycles. The Morgan fingerprint density at radius 1 is 0.842 bits per heavy atom. The SMILES string of the molecule is C[C@@H]1O[C@@H](O[C@H]2[C@H](O[C@H]3CC[C@@]4(C)[C@@H](CC[C@]5(C)[C@@H]4CC=C4[C@@H]6CC(C)(C)CC[C@]6(C(=O)NCC(=O)O)CC[C@]45C)[C@]3(C)CO)OC[C@H](O)[C@@H]2O)[C@H](O)[C@@H](O)[C@H]1O. The maximum atomic E-state index is 14.0. The van der Waals surface area contributed by atoms with Gasteiger partial charge >= 0.3 is 5.97 Å². The van der Waals surface area contributed by atoms with E-state index in [9.17, 15) is 45.3 Å². The Balaban J connectivity index is 1.15. The lowest BCUT2D eigenvalue weighted by atomic mass is 9.33. The molecule has 0 radical (unpaired) electrons. The number of carboxylic acid groups (broad SMARTS) is 1. The van der Waals surface area contributed by atoms with Gasteiger partial charge in [-0.15, -0.1) is 0 Å². The third-order valence-electron chi connectivity index (χ3n) is 17.4. The van der Waals surface area contributed by atoms with Crippen LogP contribution in [-0.2, 0) is 28.5 Å². The number of rotatable bonds is 8. The number of carbonyl (C=O) groups excluding carboxylic acids is 1. The first-order valence-electron chi connectivity index (χ1n) is 21.4. The molecular formula is C43H69NO13. The second kappa shape index (κ2) is 15.0. The largest absolute Gasteiger partial charge is 0.480 e. The van der Waals surface area contributed by atoms with Gasteiger partial charge in [-0.1, -0.05) is 53.2 Å². The summed E-state index contributed by atoms with van der Waals surface area (Å²) in [5.41, 5.74) is -0.375. The Morgan fingerprint density at radius 2 is 1.54 bits per heavy atom. The highest BCUT2D eigenvalue weighted by molar-refractivity contribution is 5.87. The number of aliphatic carboxylic acids is 1. The molecule has 0 spiro atoms. The van der Waals surface area contributed by atoms with Crippen LogP contribution in [0.5, 0.6) is 0 Å². The van der Waals surface area contributed by atoms with Crippen LogP contribution in [0.15, 0.2) is 11.6 Å². The van der Waals surface area contributed by atoms with E-state index in [1.807, 2.05) is 0 Å². The van der Waals surface area contributed by atoms with E-state index in [0.717, 1.165) is 51.4 Å². The maximum absolute atomic E-state index is 14.0. The quantitative estimate of drug-likeness (QED) is 0.131. The molecule has 1 amide bonds. The van der Waals surface area contributed by atoms with Gasteiger partial charge in [0.1, 0.15) is 43.2 Å². The van der Waals surface area contributed by atoms with Crippen LogP contribution in [0.2, 0.25) is 0 Å². The summed E-state index contributed by atoms with van der Waals surface area (Å²) in [5, 5.41) is 76.6. The molecule has 2 heterocycles. The molecule has 14 heteroatoms. The molecule has 5 aliphatic carbocycles. The highest BCUT2D eigenvalue weighted by Crippen LogP contribution is 2.76. The van der Waals surface area contributed by atoms with Crippen molar-refractivity contribution in [2.24, 2.45) is 50.2 Å². The molecule has 6 fully saturated rings. The van der Waals surface area contributed by atoms with Gasteiger partial charge in [-0.2, -0.15) is 0 Å². The van der Waals surface area contributed by atoms with E-state index in [0.29, 0.717) is 12.8 Å². The van der Waals surface area contributed by atoms with Crippen LogP contribution < -0.4 is 5.32 Å². The molecule has 14 nitrogen and oxygen atoms in total. The average molecular weight is 808 g/mol. The lowest BCUT2D eigenvalue weighted by molar-refractivity contribution is -0.365. The molecule has 7 aliphatic rings. The highest BCUT2D eigenvalue weighted by Gasteiger charge is 2.70. The topological polar surface area (TPSA) is 225 Å². The molecule has 8 N–H and O–H groups in total. The summed E-state index contributed by atoms with van der Waals surface area (Å²) in [4.78, 5) is 25.5. The van der Waals surface area contributed by atoms with Crippen LogP contribution in [0.3, 0.4) is 0 Å². The zero-order chi connectivity index (χ0) is 41.7. The number of hydrogen-bond donors (Lipinski definition) is 8. The summed E-state index contributed by atoms with van der Waals surface area (Å²) in [7, 11) is 0. The van der Waals surface area contributed by atoms with Crippen LogP contribution in [-0.4, -0.2) is 129 Å². The number of amides is 1. The van der Waals surface area contributed by atoms with E-state index < -0.39 is 78.2 Å². The second-order valence-electron chi connectivity index (χ2n) is 20.8. The summed E-state index contributed by atoms with van der Waals surface area (Å²) in [6.45, 7) is 14.7. The molecule has 2 aliphatic heterocycles. The smallest absolute Gasteiger partial charge is 0.322 e. The lowest BCUT2D eigenvalue weighted by Crippen LogP contribution is -2.67. The Morgan fingerprint density at radius 3 is 2.23 bits per heavy atom. The van der Waals surface area contributed by atoms with Crippen LogP contribution in [0.1, 0.15) is 113 Å². The van der Waals surface area contributed by atoms with E-state index >= 15 is 0 Å². The van der Waals surface area contributed by atoms with Gasteiger partial charge in [0.25, 0.3) is 0 Å². The van der Waals surface area contributed by atoms with Gasteiger partial charge < -0.3 is 60.0 Å². The van der Waals surface area contributed by atoms with Crippen molar-refractivity contribution in [1.29, 1.82) is 0 Å². The molecule has 0 aromatic rings. The first kappa shape index (κ1) is 43.4. The fourth-order valence-electron chi connectivity index (χ4n) is 13.7. The Kier molecular flexibility index (Phi) is 11.4. The van der Waals surface area contributed by atoms with Crippen LogP contribution in [0.4, 0.5) is 0 Å². The van der Waals surface area contributed by atoms with E-state index in [-0.39, 0.29) is 65.1 Å². The zero-order valence-electron chi connectivity index (χ0n) is 34.9. The monoisotopic (exact) mass is 807 g/mol. The summed E-state index contributed by atoms with van der Waals surface area (Å²) >= 11 is 0. The van der Waals surface area contributed by atoms with Gasteiger partial charge in [0.15, 0.2) is 12.6 Å². The number of fused-ring (bicyclic) bond motifs is 7. The van der Waals surface area contributed by atoms with Crippen molar-refractivity contribution in [3.05, 3.63) is 11.6 Å². The van der Waals surface area contributed by atoms with Gasteiger partial charge in [0.05, 0.1) is 30.8 Å². The number of allylic oxidation sites excluding steroid dienone is 2. The Hall–Kier alpha value is -1.72. The number of carbonyl (C=O) groups is 2. The van der Waals surface area contributed by atoms with E-state index in [4.69, 9.17) is 18.9 Å². The number of ether oxygens (including phenoxy) is 4. The van der Waals surface area contributed by atoms with Gasteiger partial charge in [0, 0.05) is 5.41 Å². The van der Waals surface area contributed by atoms with Gasteiger partial charge in [0.2, 0.25) is 5.91 Å². The molecule has 7 rings (SSSR count). The average Bonchev–Trinajstić information content (AvgIpc) is 3.15. The number of aliphatic hydroxyl groups excluding tert-OH is 6. The van der Waals surface area contributed by atoms with Crippen molar-refractivity contribution in [1.82, 2.24) is 5.32 Å². The minimum atomic E-state index is -1.64. The molecule has 57 heavy (non-hydrogen) atoms. The van der Waals surface area contributed by atoms with Gasteiger partial charge in [-0.25, -0.2) is 0 Å². The molecular weight excluding hydrogens is 738 g/mol. The van der Waals surface area contributed by atoms with Crippen molar-refractivity contribution in [3.8, 4) is 0 Å². The number of aliphatic hydroxyl groups is 6. The van der Waals surface area contributed by atoms with Gasteiger partial charge in [-0.3, -0.25) is 9.59 Å². The molecule has 2 saturated heterocycles. The van der Waals surface area contributed by atoms with Gasteiger partial charge in [-0.05, 0) is 111 Å². The minimum absolute atomic E-state index is 0.0279. The maximum Gasteiger partial charge on any atom is 0.322 e. The standard InChI is InChI=1S/C43H69NO13/c1-22-30(49)32(51)33(52)35(55-22)57-34-31(50)25(46)20-54-36(34)56-28-11-12-39(4)26(40(28,5)21-45)10-13-42(7)27(39)9-8-23-24-18-38(2,3)14-16-43(24,17-15-41(23,42)6)37(53)44-19-29(47)48/h8,22,24-28,30-36,45-46,49-52H,9-21H2,1-7H3,(H,44,53)(H,47,48)/t22-,24-,25-,26+,27+,28-,30-,31-,32-,33+,34+,35-,36-,39-,40-,41+,42+,43-/m0/s1. The number of nitrogens with one attached hydrogen (secondary N) is 1. The first-order chi connectivity index (χ1) is 26.6. The predicted octanol–water partition coefficient (Wildman–Crippen LogP) is 2.64. The summed E-state index contributed by atoms with van der Waals surface area (Å²) in [5.74, 6) is -0.801. The fraction of sp³-hybridized carbons (Fsp3) is 0.907. The van der Waals surface area contributed by atoms with E-state index in [2.05, 4.69) is 52.9 Å². The molecule has 0 bridgehead atoms. The van der Waals surface area contributed by atoms with Crippen molar-refractivity contribution < 1.29 is 64.3 Å². The highest BCUT2D eigenvalue weighted by atomic mass is 16.8. The number of hydrogen-bond acceptors (Lipinski definition) is 12. The second-order valence-corrected chi connectivity index (χ2v) is 20.8. The van der Waals surface area contributed by atoms with Crippen molar-refractivity contribution >= 4 is 11.9 Å². The molecule has 18 atom stereocenters. The van der Waals surface area contributed by atoms with Crippen molar-refractivity contribution in [2.75, 3.05) is 19.8 Å². The van der Waals surface area contributed by atoms with E-state index in [1.165, 1.54) is 12.5 Å². The Bertz CT molecular complexity index is 1570. The summed E-state index contributed by atoms with van der Waals surface area (Å²) in [6, 6.07) is 0. The molecule has 0 unspecified atom stereocenters. The first-order valence-corrected chi connectivity index (χ1v) is 21.4. The molecule has 0 aromatic carbocycles. The Labute approximate surface area is 336 Å². The lowest BCUT2D eigenvalue weighted by Gasteiger charge is -2.71.